The lowest BCUT2D eigenvalue weighted by molar-refractivity contribution is -0.141. The number of hydrogen-bond acceptors (Lipinski definition) is 4. The van der Waals surface area contributed by atoms with E-state index in [-0.39, 0.29) is 12.4 Å². The van der Waals surface area contributed by atoms with E-state index in [9.17, 15) is 9.18 Å². The molecule has 6 heteroatoms. The molecule has 17 heavy (non-hydrogen) atoms. The van der Waals surface area contributed by atoms with Crippen molar-refractivity contribution in [3.63, 3.8) is 0 Å². The van der Waals surface area contributed by atoms with E-state index in [1.165, 1.54) is 17.2 Å². The first kappa shape index (κ1) is 13.9. The first-order valence-corrected chi connectivity index (χ1v) is 6.09. The number of carbonyl (C=O) groups is 1. The lowest BCUT2D eigenvalue weighted by Gasteiger charge is -2.21. The van der Waals surface area contributed by atoms with Crippen molar-refractivity contribution in [3.8, 4) is 0 Å². The monoisotopic (exact) mass is 304 g/mol. The Bertz CT molecular complexity index is 401. The fraction of sp³-hybridized carbons (Fsp3) is 0.455. The Hall–Kier alpha value is -1.17. The number of esters is 1. The van der Waals surface area contributed by atoms with Crippen LogP contribution in [0.4, 0.5) is 10.2 Å². The van der Waals surface area contributed by atoms with Gasteiger partial charge < -0.3 is 9.64 Å². The van der Waals surface area contributed by atoms with Gasteiger partial charge in [-0.1, -0.05) is 0 Å². The van der Waals surface area contributed by atoms with Crippen LogP contribution in [0.1, 0.15) is 13.8 Å². The number of rotatable bonds is 5. The Morgan fingerprint density at radius 2 is 2.29 bits per heavy atom. The van der Waals surface area contributed by atoms with Crippen LogP contribution < -0.4 is 4.90 Å². The highest BCUT2D eigenvalue weighted by Crippen LogP contribution is 2.19. The summed E-state index contributed by atoms with van der Waals surface area (Å²) in [6, 6.07) is 1.32. The molecule has 0 spiro atoms. The van der Waals surface area contributed by atoms with Crippen molar-refractivity contribution in [2.75, 3.05) is 24.6 Å². The Kier molecular flexibility index (Phi) is 5.34. The molecule has 0 aliphatic heterocycles. The zero-order chi connectivity index (χ0) is 12.8. The fourth-order valence-electron chi connectivity index (χ4n) is 1.34. The molecule has 0 fully saturated rings. The van der Waals surface area contributed by atoms with Crippen molar-refractivity contribution in [2.45, 2.75) is 13.8 Å². The van der Waals surface area contributed by atoms with Crippen molar-refractivity contribution in [2.24, 2.45) is 0 Å². The van der Waals surface area contributed by atoms with E-state index >= 15 is 0 Å². The lowest BCUT2D eigenvalue weighted by Crippen LogP contribution is -2.32. The Morgan fingerprint density at radius 3 is 2.82 bits per heavy atom. The minimum absolute atomic E-state index is 0.00408. The topological polar surface area (TPSA) is 42.4 Å². The number of pyridine rings is 1. The number of nitrogens with zero attached hydrogens (tertiary/aromatic N) is 2. The van der Waals surface area contributed by atoms with E-state index in [0.29, 0.717) is 17.6 Å². The van der Waals surface area contributed by atoms with Gasteiger partial charge in [-0.25, -0.2) is 9.37 Å². The van der Waals surface area contributed by atoms with Gasteiger partial charge in [-0.3, -0.25) is 4.79 Å². The molecule has 0 saturated carbocycles. The molecule has 4 nitrogen and oxygen atoms in total. The number of aromatic nitrogens is 1. The smallest absolute Gasteiger partial charge is 0.325 e. The molecule has 0 amide bonds. The van der Waals surface area contributed by atoms with Crippen LogP contribution in [0.2, 0.25) is 0 Å². The van der Waals surface area contributed by atoms with Gasteiger partial charge in [0.15, 0.2) is 11.6 Å². The molecule has 0 aromatic carbocycles. The predicted octanol–water partition coefficient (Wildman–Crippen LogP) is 2.37. The average Bonchev–Trinajstić information content (AvgIpc) is 2.27. The number of anilines is 1. The zero-order valence-electron chi connectivity index (χ0n) is 9.74. The van der Waals surface area contributed by atoms with Crippen LogP contribution in [0.5, 0.6) is 0 Å². The quantitative estimate of drug-likeness (QED) is 0.783. The molecular weight excluding hydrogens is 291 g/mol. The molecule has 0 saturated heterocycles. The van der Waals surface area contributed by atoms with E-state index in [4.69, 9.17) is 4.74 Å². The molecule has 1 aromatic rings. The van der Waals surface area contributed by atoms with Crippen LogP contribution in [0, 0.1) is 5.82 Å². The summed E-state index contributed by atoms with van der Waals surface area (Å²) in [5.41, 5.74) is 0. The third-order valence-corrected chi connectivity index (χ3v) is 2.53. The highest BCUT2D eigenvalue weighted by atomic mass is 79.9. The van der Waals surface area contributed by atoms with E-state index < -0.39 is 11.8 Å². The van der Waals surface area contributed by atoms with E-state index in [1.807, 2.05) is 6.92 Å². The summed E-state index contributed by atoms with van der Waals surface area (Å²) in [7, 11) is 0. The number of ether oxygens (including phenoxy) is 1. The van der Waals surface area contributed by atoms with Crippen LogP contribution in [-0.4, -0.2) is 30.6 Å². The molecule has 0 radical (unpaired) electrons. The molecule has 1 aromatic heterocycles. The lowest BCUT2D eigenvalue weighted by atomic mass is 10.4. The first-order chi connectivity index (χ1) is 8.08. The van der Waals surface area contributed by atoms with Gasteiger partial charge in [-0.2, -0.15) is 0 Å². The first-order valence-electron chi connectivity index (χ1n) is 5.30. The second kappa shape index (κ2) is 6.54. The summed E-state index contributed by atoms with van der Waals surface area (Å²) in [5, 5.41) is 0. The van der Waals surface area contributed by atoms with Crippen molar-refractivity contribution in [1.82, 2.24) is 4.98 Å². The molecule has 1 heterocycles. The van der Waals surface area contributed by atoms with Gasteiger partial charge in [-0.15, -0.1) is 0 Å². The normalized spacial score (nSPS) is 10.1. The van der Waals surface area contributed by atoms with E-state index in [0.717, 1.165) is 0 Å². The van der Waals surface area contributed by atoms with Crippen LogP contribution >= 0.6 is 15.9 Å². The van der Waals surface area contributed by atoms with Gasteiger partial charge >= 0.3 is 5.97 Å². The zero-order valence-corrected chi connectivity index (χ0v) is 11.3. The summed E-state index contributed by atoms with van der Waals surface area (Å²) in [4.78, 5) is 16.8. The molecule has 0 unspecified atom stereocenters. The van der Waals surface area contributed by atoms with Crippen molar-refractivity contribution >= 4 is 27.7 Å². The highest BCUT2D eigenvalue weighted by Gasteiger charge is 2.15. The Labute approximate surface area is 108 Å². The predicted molar refractivity (Wildman–Crippen MR) is 66.4 cm³/mol. The van der Waals surface area contributed by atoms with Crippen LogP contribution in [0.25, 0.3) is 0 Å². The van der Waals surface area contributed by atoms with E-state index in [2.05, 4.69) is 20.9 Å². The minimum Gasteiger partial charge on any atom is -0.465 e. The highest BCUT2D eigenvalue weighted by molar-refractivity contribution is 9.10. The van der Waals surface area contributed by atoms with Crippen molar-refractivity contribution < 1.29 is 13.9 Å². The van der Waals surface area contributed by atoms with Crippen molar-refractivity contribution in [3.05, 3.63) is 22.6 Å². The molecule has 0 N–H and O–H groups in total. The fourth-order valence-corrected chi connectivity index (χ4v) is 1.64. The molecule has 94 valence electrons. The maximum Gasteiger partial charge on any atom is 0.325 e. The number of likely N-dealkylation sites (N-methyl/N-ethyl adjacent to an activating group) is 1. The summed E-state index contributed by atoms with van der Waals surface area (Å²) in [5.74, 6) is -0.701. The summed E-state index contributed by atoms with van der Waals surface area (Å²) in [6.07, 6.45) is 1.49. The third-order valence-electron chi connectivity index (χ3n) is 2.09. The van der Waals surface area contributed by atoms with Gasteiger partial charge in [-0.05, 0) is 35.8 Å². The summed E-state index contributed by atoms with van der Waals surface area (Å²) >= 11 is 3.13. The molecule has 0 bridgehead atoms. The maximum absolute atomic E-state index is 13.6. The van der Waals surface area contributed by atoms with Gasteiger partial charge in [0.25, 0.3) is 0 Å². The number of carbonyl (C=O) groups excluding carboxylic acids is 1. The number of hydrogen-bond donors (Lipinski definition) is 0. The molecule has 1 rings (SSSR count). The van der Waals surface area contributed by atoms with Gasteiger partial charge in [0.2, 0.25) is 0 Å². The summed E-state index contributed by atoms with van der Waals surface area (Å²) in [6.45, 7) is 4.34. The van der Waals surface area contributed by atoms with Crippen LogP contribution in [0.15, 0.2) is 16.7 Å². The minimum atomic E-state index is -0.467. The second-order valence-corrected chi connectivity index (χ2v) is 4.19. The Morgan fingerprint density at radius 1 is 1.59 bits per heavy atom. The van der Waals surface area contributed by atoms with Gasteiger partial charge in [0.1, 0.15) is 6.54 Å². The summed E-state index contributed by atoms with van der Waals surface area (Å²) < 4.78 is 19.0. The van der Waals surface area contributed by atoms with Gasteiger partial charge in [0.05, 0.1) is 6.61 Å². The van der Waals surface area contributed by atoms with Crippen molar-refractivity contribution in [1.29, 1.82) is 0 Å². The largest absolute Gasteiger partial charge is 0.465 e. The molecule has 0 atom stereocenters. The average molecular weight is 305 g/mol. The van der Waals surface area contributed by atoms with Crippen LogP contribution in [0.3, 0.4) is 0 Å². The van der Waals surface area contributed by atoms with E-state index in [1.54, 1.807) is 6.92 Å². The SMILES string of the molecule is CCOC(=O)CN(CC)c1ncc(Br)cc1F. The maximum atomic E-state index is 13.6. The third kappa shape index (κ3) is 3.96. The number of halogens is 2. The standard InChI is InChI=1S/C11H14BrFN2O2/c1-3-15(7-10(16)17-4-2)11-9(13)5-8(12)6-14-11/h5-6H,3-4,7H2,1-2H3. The molecule has 0 aliphatic rings. The second-order valence-electron chi connectivity index (χ2n) is 3.28. The van der Waals surface area contributed by atoms with Crippen LogP contribution in [-0.2, 0) is 9.53 Å². The Balaban J connectivity index is 2.82. The molecular formula is C11H14BrFN2O2. The van der Waals surface area contributed by atoms with Gasteiger partial charge in [0, 0.05) is 17.2 Å². The molecule has 0 aliphatic carbocycles.